The van der Waals surface area contributed by atoms with E-state index in [1.54, 1.807) is 16.5 Å². The van der Waals surface area contributed by atoms with Gasteiger partial charge in [-0.1, -0.05) is 12.1 Å². The van der Waals surface area contributed by atoms with E-state index in [-0.39, 0.29) is 23.1 Å². The number of fused-ring (bicyclic) bond motifs is 1. The van der Waals surface area contributed by atoms with Crippen molar-refractivity contribution in [3.8, 4) is 5.75 Å². The minimum atomic E-state index is -3.69. The second-order valence-electron chi connectivity index (χ2n) is 6.29. The standard InChI is InChI=1S/C19H21N5O4S/c1-23(2)29(26,27)16-12-14(7-9-15(16)28-3)8-10-19(25)20-13-18-22-21-17-6-4-5-11-24(17)18/h4-12H,13H2,1-3H3,(H,20,25)/b10-8+. The Labute approximate surface area is 168 Å². The molecule has 0 aliphatic carbocycles. The number of carbonyl (C=O) groups excluding carboxylic acids is 1. The number of sulfonamides is 1. The first-order chi connectivity index (χ1) is 13.8. The normalized spacial score (nSPS) is 12.0. The number of hydrogen-bond donors (Lipinski definition) is 1. The third-order valence-corrected chi connectivity index (χ3v) is 6.01. The molecule has 3 aromatic rings. The molecule has 0 unspecified atom stereocenters. The molecule has 1 amide bonds. The Morgan fingerprint density at radius 1 is 1.24 bits per heavy atom. The summed E-state index contributed by atoms with van der Waals surface area (Å²) in [6.07, 6.45) is 4.68. The third kappa shape index (κ3) is 4.44. The summed E-state index contributed by atoms with van der Waals surface area (Å²) in [7, 11) is 0.605. The first-order valence-corrected chi connectivity index (χ1v) is 10.1. The van der Waals surface area contributed by atoms with E-state index < -0.39 is 10.0 Å². The first kappa shape index (κ1) is 20.5. The third-order valence-electron chi connectivity index (χ3n) is 4.18. The second-order valence-corrected chi connectivity index (χ2v) is 8.41. The van der Waals surface area contributed by atoms with Crippen LogP contribution in [0, 0.1) is 0 Å². The fraction of sp³-hybridized carbons (Fsp3) is 0.211. The van der Waals surface area contributed by atoms with E-state index >= 15 is 0 Å². The number of pyridine rings is 1. The Morgan fingerprint density at radius 2 is 2.03 bits per heavy atom. The van der Waals surface area contributed by atoms with Crippen LogP contribution in [0.3, 0.4) is 0 Å². The van der Waals surface area contributed by atoms with E-state index in [0.29, 0.717) is 17.0 Å². The summed E-state index contributed by atoms with van der Waals surface area (Å²) in [5.74, 6) is 0.496. The molecule has 10 heteroatoms. The monoisotopic (exact) mass is 415 g/mol. The van der Waals surface area contributed by atoms with Crippen molar-refractivity contribution >= 4 is 27.7 Å². The smallest absolute Gasteiger partial charge is 0.246 e. The average molecular weight is 415 g/mol. The molecule has 0 fully saturated rings. The first-order valence-electron chi connectivity index (χ1n) is 8.68. The number of ether oxygens (including phenoxy) is 1. The topological polar surface area (TPSA) is 106 Å². The molecular formula is C19H21N5O4S. The number of amides is 1. The quantitative estimate of drug-likeness (QED) is 0.584. The number of methoxy groups -OCH3 is 1. The van der Waals surface area contributed by atoms with Gasteiger partial charge >= 0.3 is 0 Å². The summed E-state index contributed by atoms with van der Waals surface area (Å²) in [6.45, 7) is 0.206. The predicted octanol–water partition coefficient (Wildman–Crippen LogP) is 1.32. The maximum atomic E-state index is 12.5. The fourth-order valence-corrected chi connectivity index (χ4v) is 3.69. The molecule has 0 saturated heterocycles. The minimum absolute atomic E-state index is 0.0301. The number of hydrogen-bond acceptors (Lipinski definition) is 6. The Morgan fingerprint density at radius 3 is 2.76 bits per heavy atom. The van der Waals surface area contributed by atoms with Crippen molar-refractivity contribution in [1.29, 1.82) is 0 Å². The van der Waals surface area contributed by atoms with Gasteiger partial charge in [-0.2, -0.15) is 0 Å². The minimum Gasteiger partial charge on any atom is -0.495 e. The van der Waals surface area contributed by atoms with Crippen LogP contribution in [0.15, 0.2) is 53.6 Å². The van der Waals surface area contributed by atoms with Crippen LogP contribution in [0.1, 0.15) is 11.4 Å². The van der Waals surface area contributed by atoms with Crippen LogP contribution in [-0.2, 0) is 21.4 Å². The summed E-state index contributed by atoms with van der Waals surface area (Å²) >= 11 is 0. The van der Waals surface area contributed by atoms with Gasteiger partial charge in [0.2, 0.25) is 15.9 Å². The van der Waals surface area contributed by atoms with Gasteiger partial charge in [-0.3, -0.25) is 9.20 Å². The van der Waals surface area contributed by atoms with Crippen molar-refractivity contribution in [2.24, 2.45) is 0 Å². The van der Waals surface area contributed by atoms with Crippen LogP contribution in [0.25, 0.3) is 11.7 Å². The summed E-state index contributed by atoms with van der Waals surface area (Å²) < 4.78 is 33.0. The lowest BCUT2D eigenvalue weighted by molar-refractivity contribution is -0.116. The van der Waals surface area contributed by atoms with E-state index in [9.17, 15) is 13.2 Å². The number of nitrogens with zero attached hydrogens (tertiary/aromatic N) is 4. The molecule has 0 spiro atoms. The highest BCUT2D eigenvalue weighted by Gasteiger charge is 2.22. The zero-order chi connectivity index (χ0) is 21.0. The van der Waals surface area contributed by atoms with Crippen molar-refractivity contribution in [1.82, 2.24) is 24.2 Å². The van der Waals surface area contributed by atoms with Crippen LogP contribution >= 0.6 is 0 Å². The van der Waals surface area contributed by atoms with Gasteiger partial charge < -0.3 is 10.1 Å². The maximum absolute atomic E-state index is 12.5. The van der Waals surface area contributed by atoms with Gasteiger partial charge in [0, 0.05) is 26.4 Å². The van der Waals surface area contributed by atoms with E-state index in [4.69, 9.17) is 4.74 Å². The van der Waals surface area contributed by atoms with Crippen molar-refractivity contribution < 1.29 is 17.9 Å². The molecule has 152 valence electrons. The maximum Gasteiger partial charge on any atom is 0.246 e. The Hall–Kier alpha value is -3.24. The molecule has 0 saturated carbocycles. The van der Waals surface area contributed by atoms with E-state index in [1.165, 1.54) is 39.4 Å². The fourth-order valence-electron chi connectivity index (χ4n) is 2.60. The van der Waals surface area contributed by atoms with E-state index in [1.807, 2.05) is 24.4 Å². The van der Waals surface area contributed by atoms with Gasteiger partial charge in [-0.05, 0) is 35.9 Å². The van der Waals surface area contributed by atoms with Gasteiger partial charge in [0.1, 0.15) is 10.6 Å². The van der Waals surface area contributed by atoms with E-state index in [2.05, 4.69) is 15.5 Å². The van der Waals surface area contributed by atoms with E-state index in [0.717, 1.165) is 4.31 Å². The molecule has 9 nitrogen and oxygen atoms in total. The SMILES string of the molecule is COc1ccc(/C=C/C(=O)NCc2nnc3ccccn23)cc1S(=O)(=O)N(C)C. The van der Waals surface area contributed by atoms with Gasteiger partial charge in [0.05, 0.1) is 13.7 Å². The van der Waals surface area contributed by atoms with Gasteiger partial charge in [-0.25, -0.2) is 12.7 Å². The van der Waals surface area contributed by atoms with Crippen LogP contribution in [0.2, 0.25) is 0 Å². The highest BCUT2D eigenvalue weighted by atomic mass is 32.2. The van der Waals surface area contributed by atoms with Crippen LogP contribution < -0.4 is 10.1 Å². The number of nitrogens with one attached hydrogen (secondary N) is 1. The average Bonchev–Trinajstić information content (AvgIpc) is 3.13. The molecule has 0 bridgehead atoms. The van der Waals surface area contributed by atoms with Gasteiger partial charge in [-0.15, -0.1) is 10.2 Å². The number of rotatable bonds is 7. The van der Waals surface area contributed by atoms with Crippen molar-refractivity contribution in [3.05, 3.63) is 60.1 Å². The number of aromatic nitrogens is 3. The molecule has 0 atom stereocenters. The lowest BCUT2D eigenvalue weighted by Crippen LogP contribution is -2.23. The molecule has 2 heterocycles. The molecule has 29 heavy (non-hydrogen) atoms. The largest absolute Gasteiger partial charge is 0.495 e. The van der Waals surface area contributed by atoms with Crippen molar-refractivity contribution in [3.63, 3.8) is 0 Å². The predicted molar refractivity (Wildman–Crippen MR) is 108 cm³/mol. The zero-order valence-electron chi connectivity index (χ0n) is 16.2. The summed E-state index contributed by atoms with van der Waals surface area (Å²) in [5.41, 5.74) is 1.24. The molecule has 2 aromatic heterocycles. The van der Waals surface area contributed by atoms with Crippen LogP contribution in [-0.4, -0.2) is 54.4 Å². The van der Waals surface area contributed by atoms with Gasteiger partial charge in [0.25, 0.3) is 0 Å². The van der Waals surface area contributed by atoms with Crippen molar-refractivity contribution in [2.45, 2.75) is 11.4 Å². The zero-order valence-corrected chi connectivity index (χ0v) is 17.0. The number of carbonyl (C=O) groups is 1. The molecule has 0 radical (unpaired) electrons. The molecule has 3 rings (SSSR count). The van der Waals surface area contributed by atoms with Crippen LogP contribution in [0.5, 0.6) is 5.75 Å². The van der Waals surface area contributed by atoms with Crippen molar-refractivity contribution in [2.75, 3.05) is 21.2 Å². The highest BCUT2D eigenvalue weighted by molar-refractivity contribution is 7.89. The summed E-state index contributed by atoms with van der Waals surface area (Å²) in [5, 5.41) is 10.8. The molecule has 1 aromatic carbocycles. The Balaban J connectivity index is 1.73. The second kappa shape index (κ2) is 8.41. The molecule has 0 aliphatic rings. The number of benzene rings is 1. The summed E-state index contributed by atoms with van der Waals surface area (Å²) in [4.78, 5) is 12.2. The highest BCUT2D eigenvalue weighted by Crippen LogP contribution is 2.27. The summed E-state index contributed by atoms with van der Waals surface area (Å²) in [6, 6.07) is 10.2. The molecular weight excluding hydrogens is 394 g/mol. The Kier molecular flexibility index (Phi) is 5.95. The lowest BCUT2D eigenvalue weighted by atomic mass is 10.2. The van der Waals surface area contributed by atoms with Gasteiger partial charge in [0.15, 0.2) is 11.5 Å². The lowest BCUT2D eigenvalue weighted by Gasteiger charge is -2.14. The molecule has 1 N–H and O–H groups in total. The van der Waals surface area contributed by atoms with Crippen LogP contribution in [0.4, 0.5) is 0 Å². The Bertz CT molecular complexity index is 1170. The molecule has 0 aliphatic heterocycles.